The molecule has 2 aromatic rings. The first-order chi connectivity index (χ1) is 8.74. The predicted octanol–water partition coefficient (Wildman–Crippen LogP) is 2.34. The highest BCUT2D eigenvalue weighted by molar-refractivity contribution is 5.39. The Morgan fingerprint density at radius 1 is 1.11 bits per heavy atom. The first kappa shape index (κ1) is 12.6. The van der Waals surface area contributed by atoms with Gasteiger partial charge in [-0.2, -0.15) is 0 Å². The normalized spacial score (nSPS) is 10.8. The molecule has 1 aromatic heterocycles. The van der Waals surface area contributed by atoms with Crippen molar-refractivity contribution in [2.75, 3.05) is 19.3 Å². The van der Waals surface area contributed by atoms with Crippen molar-refractivity contribution in [1.29, 1.82) is 0 Å². The highest BCUT2D eigenvalue weighted by Gasteiger charge is 2.01. The molecule has 3 nitrogen and oxygen atoms in total. The Labute approximate surface area is 108 Å². The zero-order chi connectivity index (χ0) is 12.8. The van der Waals surface area contributed by atoms with Gasteiger partial charge in [0.2, 0.25) is 0 Å². The maximum Gasteiger partial charge on any atom is 0.0543 e. The molecule has 2 N–H and O–H groups in total. The molecule has 94 valence electrons. The molecule has 0 aliphatic heterocycles. The van der Waals surface area contributed by atoms with Gasteiger partial charge in [-0.3, -0.25) is 4.98 Å². The highest BCUT2D eigenvalue weighted by Crippen LogP contribution is 2.07. The number of pyridine rings is 1. The minimum Gasteiger partial charge on any atom is -0.399 e. The molecule has 1 aromatic carbocycles. The molecule has 3 heteroatoms. The fourth-order valence-electron chi connectivity index (χ4n) is 1.85. The Balaban J connectivity index is 1.81. The zero-order valence-electron chi connectivity index (χ0n) is 10.7. The summed E-state index contributed by atoms with van der Waals surface area (Å²) in [7, 11) is 2.12. The Morgan fingerprint density at radius 2 is 1.89 bits per heavy atom. The van der Waals surface area contributed by atoms with Crippen LogP contribution in [-0.4, -0.2) is 23.5 Å². The molecule has 0 amide bonds. The molecular formula is C15H19N3. The van der Waals surface area contributed by atoms with E-state index in [1.807, 2.05) is 30.5 Å². The van der Waals surface area contributed by atoms with Crippen molar-refractivity contribution in [3.05, 3.63) is 59.9 Å². The molecule has 0 fully saturated rings. The van der Waals surface area contributed by atoms with Crippen LogP contribution in [-0.2, 0) is 13.0 Å². The van der Waals surface area contributed by atoms with Crippen LogP contribution in [0.1, 0.15) is 11.3 Å². The minimum atomic E-state index is 0.820. The summed E-state index contributed by atoms with van der Waals surface area (Å²) in [4.78, 5) is 6.60. The first-order valence-electron chi connectivity index (χ1n) is 6.17. The summed E-state index contributed by atoms with van der Waals surface area (Å²) in [5, 5.41) is 0. The van der Waals surface area contributed by atoms with Gasteiger partial charge in [-0.25, -0.2) is 0 Å². The molecule has 18 heavy (non-hydrogen) atoms. The van der Waals surface area contributed by atoms with Crippen LogP contribution in [0, 0.1) is 0 Å². The third-order valence-corrected chi connectivity index (χ3v) is 2.92. The average Bonchev–Trinajstić information content (AvgIpc) is 2.39. The van der Waals surface area contributed by atoms with Crippen molar-refractivity contribution in [3.63, 3.8) is 0 Å². The molecule has 0 saturated heterocycles. The van der Waals surface area contributed by atoms with E-state index in [2.05, 4.69) is 35.1 Å². The van der Waals surface area contributed by atoms with Crippen LogP contribution >= 0.6 is 0 Å². The van der Waals surface area contributed by atoms with E-state index in [1.54, 1.807) is 0 Å². The maximum absolute atomic E-state index is 5.67. The van der Waals surface area contributed by atoms with Crippen molar-refractivity contribution in [2.45, 2.75) is 13.0 Å². The quantitative estimate of drug-likeness (QED) is 0.817. The lowest BCUT2D eigenvalue weighted by atomic mass is 10.1. The Hall–Kier alpha value is -1.87. The summed E-state index contributed by atoms with van der Waals surface area (Å²) >= 11 is 0. The van der Waals surface area contributed by atoms with E-state index in [9.17, 15) is 0 Å². The lowest BCUT2D eigenvalue weighted by Gasteiger charge is -2.16. The topological polar surface area (TPSA) is 42.1 Å². The van der Waals surface area contributed by atoms with Crippen LogP contribution in [0.15, 0.2) is 48.7 Å². The van der Waals surface area contributed by atoms with Gasteiger partial charge in [0.1, 0.15) is 0 Å². The monoisotopic (exact) mass is 241 g/mol. The number of rotatable bonds is 5. The molecule has 2 rings (SSSR count). The summed E-state index contributed by atoms with van der Waals surface area (Å²) in [6.45, 7) is 1.90. The van der Waals surface area contributed by atoms with Gasteiger partial charge in [-0.1, -0.05) is 18.2 Å². The van der Waals surface area contributed by atoms with Gasteiger partial charge in [0, 0.05) is 25.0 Å². The number of anilines is 1. The molecule has 0 atom stereocenters. The predicted molar refractivity (Wildman–Crippen MR) is 75.1 cm³/mol. The van der Waals surface area contributed by atoms with Crippen LogP contribution in [0.5, 0.6) is 0 Å². The van der Waals surface area contributed by atoms with E-state index >= 15 is 0 Å². The lowest BCUT2D eigenvalue weighted by Crippen LogP contribution is -2.21. The molecule has 0 bridgehead atoms. The Bertz CT molecular complexity index is 465. The van der Waals surface area contributed by atoms with Gasteiger partial charge in [0.15, 0.2) is 0 Å². The number of nitrogen functional groups attached to an aromatic ring is 1. The molecule has 0 unspecified atom stereocenters. The first-order valence-corrected chi connectivity index (χ1v) is 6.17. The summed E-state index contributed by atoms with van der Waals surface area (Å²) in [5.74, 6) is 0. The van der Waals surface area contributed by atoms with Gasteiger partial charge < -0.3 is 10.6 Å². The Kier molecular flexibility index (Phi) is 4.31. The minimum absolute atomic E-state index is 0.820. The number of nitrogens with zero attached hydrogens (tertiary/aromatic N) is 2. The van der Waals surface area contributed by atoms with Crippen LogP contribution in [0.4, 0.5) is 5.69 Å². The van der Waals surface area contributed by atoms with Crippen LogP contribution in [0.25, 0.3) is 0 Å². The van der Waals surface area contributed by atoms with Crippen molar-refractivity contribution < 1.29 is 0 Å². The number of likely N-dealkylation sites (N-methyl/N-ethyl adjacent to an activating group) is 1. The van der Waals surface area contributed by atoms with E-state index in [-0.39, 0.29) is 0 Å². The largest absolute Gasteiger partial charge is 0.399 e. The zero-order valence-corrected chi connectivity index (χ0v) is 10.7. The summed E-state index contributed by atoms with van der Waals surface area (Å²) in [6, 6.07) is 14.1. The molecule has 0 aliphatic carbocycles. The summed E-state index contributed by atoms with van der Waals surface area (Å²) in [5.41, 5.74) is 8.91. The van der Waals surface area contributed by atoms with Gasteiger partial charge in [0.25, 0.3) is 0 Å². The van der Waals surface area contributed by atoms with Crippen LogP contribution < -0.4 is 5.73 Å². The third kappa shape index (κ3) is 3.86. The molecular weight excluding hydrogens is 222 g/mol. The fourth-order valence-corrected chi connectivity index (χ4v) is 1.85. The average molecular weight is 241 g/mol. The fraction of sp³-hybridized carbons (Fsp3) is 0.267. The van der Waals surface area contributed by atoms with Gasteiger partial charge in [0.05, 0.1) is 5.69 Å². The molecule has 0 radical (unpaired) electrons. The van der Waals surface area contributed by atoms with E-state index in [0.29, 0.717) is 0 Å². The standard InChI is InChI=1S/C15H19N3/c1-18(12-15-4-2-3-10-17-15)11-9-13-5-7-14(16)8-6-13/h2-8,10H,9,11-12,16H2,1H3. The smallest absolute Gasteiger partial charge is 0.0543 e. The molecule has 1 heterocycles. The Morgan fingerprint density at radius 3 is 2.56 bits per heavy atom. The second-order valence-electron chi connectivity index (χ2n) is 4.55. The highest BCUT2D eigenvalue weighted by atomic mass is 15.1. The van der Waals surface area contributed by atoms with Crippen LogP contribution in [0.3, 0.4) is 0 Å². The van der Waals surface area contributed by atoms with Gasteiger partial charge in [-0.05, 0) is 43.3 Å². The molecule has 0 saturated carbocycles. The lowest BCUT2D eigenvalue weighted by molar-refractivity contribution is 0.327. The second kappa shape index (κ2) is 6.17. The SMILES string of the molecule is CN(CCc1ccc(N)cc1)Cc1ccccn1. The van der Waals surface area contributed by atoms with E-state index in [1.165, 1.54) is 5.56 Å². The second-order valence-corrected chi connectivity index (χ2v) is 4.55. The van der Waals surface area contributed by atoms with Gasteiger partial charge >= 0.3 is 0 Å². The van der Waals surface area contributed by atoms with Crippen molar-refractivity contribution in [3.8, 4) is 0 Å². The summed E-state index contributed by atoms with van der Waals surface area (Å²) < 4.78 is 0. The summed E-state index contributed by atoms with van der Waals surface area (Å²) in [6.07, 6.45) is 2.87. The number of nitrogens with two attached hydrogens (primary N) is 1. The maximum atomic E-state index is 5.67. The number of hydrogen-bond acceptors (Lipinski definition) is 3. The molecule has 0 aliphatic rings. The van der Waals surface area contributed by atoms with Gasteiger partial charge in [-0.15, -0.1) is 0 Å². The van der Waals surface area contributed by atoms with Crippen molar-refractivity contribution in [1.82, 2.24) is 9.88 Å². The third-order valence-electron chi connectivity index (χ3n) is 2.92. The van der Waals surface area contributed by atoms with E-state index < -0.39 is 0 Å². The number of hydrogen-bond donors (Lipinski definition) is 1. The molecule has 0 spiro atoms. The van der Waals surface area contributed by atoms with Crippen LogP contribution in [0.2, 0.25) is 0 Å². The van der Waals surface area contributed by atoms with E-state index in [0.717, 1.165) is 30.9 Å². The van der Waals surface area contributed by atoms with E-state index in [4.69, 9.17) is 5.73 Å². The number of aromatic nitrogens is 1. The van der Waals surface area contributed by atoms with Crippen molar-refractivity contribution >= 4 is 5.69 Å². The van der Waals surface area contributed by atoms with Crippen molar-refractivity contribution in [2.24, 2.45) is 0 Å². The number of benzene rings is 1.